The Morgan fingerprint density at radius 3 is 2.26 bits per heavy atom. The fourth-order valence-electron chi connectivity index (χ4n) is 2.19. The van der Waals surface area contributed by atoms with E-state index in [4.69, 9.17) is 10.8 Å². The maximum Gasteiger partial charge on any atom is 0.304 e. The molecule has 1 unspecified atom stereocenters. The molecule has 1 amide bonds. The van der Waals surface area contributed by atoms with Crippen LogP contribution in [-0.2, 0) is 9.59 Å². The van der Waals surface area contributed by atoms with Gasteiger partial charge in [0.05, 0.1) is 11.8 Å². The van der Waals surface area contributed by atoms with Crippen LogP contribution in [0, 0.1) is 5.41 Å². The highest BCUT2D eigenvalue weighted by Gasteiger charge is 2.34. The van der Waals surface area contributed by atoms with Crippen LogP contribution < -0.4 is 5.73 Å². The quantitative estimate of drug-likeness (QED) is 0.709. The predicted molar refractivity (Wildman–Crippen MR) is 72.7 cm³/mol. The van der Waals surface area contributed by atoms with E-state index in [-0.39, 0.29) is 12.3 Å². The molecule has 1 aliphatic rings. The third-order valence-electron chi connectivity index (χ3n) is 4.05. The molecule has 1 aliphatic heterocycles. The van der Waals surface area contributed by atoms with Crippen LogP contribution in [0.2, 0.25) is 0 Å². The smallest absolute Gasteiger partial charge is 0.304 e. The zero-order chi connectivity index (χ0) is 14.5. The number of amides is 1. The Labute approximate surface area is 114 Å². The van der Waals surface area contributed by atoms with Gasteiger partial charge in [-0.05, 0) is 13.3 Å². The Morgan fingerprint density at radius 1 is 1.26 bits per heavy atom. The summed E-state index contributed by atoms with van der Waals surface area (Å²) in [5.41, 5.74) is 5.24. The number of hydrogen-bond donors (Lipinski definition) is 2. The molecule has 1 heterocycles. The second kappa shape index (κ2) is 6.86. The first-order chi connectivity index (χ1) is 8.92. The number of carbonyl (C=O) groups is 2. The topological polar surface area (TPSA) is 86.9 Å². The lowest BCUT2D eigenvalue weighted by Gasteiger charge is -2.39. The molecule has 0 aromatic rings. The van der Waals surface area contributed by atoms with Crippen molar-refractivity contribution in [3.63, 3.8) is 0 Å². The molecule has 19 heavy (non-hydrogen) atoms. The van der Waals surface area contributed by atoms with Gasteiger partial charge in [0.1, 0.15) is 0 Å². The van der Waals surface area contributed by atoms with Gasteiger partial charge in [0, 0.05) is 39.3 Å². The van der Waals surface area contributed by atoms with Crippen molar-refractivity contribution in [2.24, 2.45) is 11.1 Å². The summed E-state index contributed by atoms with van der Waals surface area (Å²) in [4.78, 5) is 26.8. The zero-order valence-electron chi connectivity index (χ0n) is 11.9. The van der Waals surface area contributed by atoms with E-state index in [9.17, 15) is 9.59 Å². The molecule has 1 rings (SSSR count). The standard InChI is InChI=1S/C13H25N3O3/c1-3-13(2,10-14)12(19)16-8-6-15(7-9-16)5-4-11(17)18/h3-10,14H2,1-2H3,(H,17,18). The normalized spacial score (nSPS) is 20.1. The van der Waals surface area contributed by atoms with Gasteiger partial charge in [-0.2, -0.15) is 0 Å². The van der Waals surface area contributed by atoms with Crippen molar-refractivity contribution in [2.75, 3.05) is 39.3 Å². The lowest BCUT2D eigenvalue weighted by Crippen LogP contribution is -2.54. The average Bonchev–Trinajstić information content (AvgIpc) is 2.44. The molecule has 0 aromatic heterocycles. The molecule has 3 N–H and O–H groups in total. The predicted octanol–water partition coefficient (Wildman–Crippen LogP) is -0.0197. The summed E-state index contributed by atoms with van der Waals surface area (Å²) >= 11 is 0. The number of carboxylic acid groups (broad SMARTS) is 1. The molecule has 6 heteroatoms. The monoisotopic (exact) mass is 271 g/mol. The molecule has 0 radical (unpaired) electrons. The van der Waals surface area contributed by atoms with Crippen LogP contribution in [-0.4, -0.2) is 66.1 Å². The highest BCUT2D eigenvalue weighted by molar-refractivity contribution is 5.82. The molecule has 0 spiro atoms. The third kappa shape index (κ3) is 4.18. The Morgan fingerprint density at radius 2 is 1.84 bits per heavy atom. The summed E-state index contributed by atoms with van der Waals surface area (Å²) in [6.45, 7) is 7.61. The lowest BCUT2D eigenvalue weighted by molar-refractivity contribution is -0.143. The lowest BCUT2D eigenvalue weighted by atomic mass is 9.86. The van der Waals surface area contributed by atoms with Gasteiger partial charge in [-0.15, -0.1) is 0 Å². The van der Waals surface area contributed by atoms with Crippen molar-refractivity contribution in [3.05, 3.63) is 0 Å². The van der Waals surface area contributed by atoms with Gasteiger partial charge in [-0.25, -0.2) is 0 Å². The van der Waals surface area contributed by atoms with Crippen LogP contribution in [0.5, 0.6) is 0 Å². The molecule has 110 valence electrons. The molecule has 1 fully saturated rings. The number of hydrogen-bond acceptors (Lipinski definition) is 4. The second-order valence-electron chi connectivity index (χ2n) is 5.40. The SMILES string of the molecule is CCC(C)(CN)C(=O)N1CCN(CCC(=O)O)CC1. The molecule has 1 atom stereocenters. The van der Waals surface area contributed by atoms with Crippen LogP contribution in [0.15, 0.2) is 0 Å². The largest absolute Gasteiger partial charge is 0.481 e. The van der Waals surface area contributed by atoms with E-state index in [1.807, 2.05) is 18.7 Å². The number of piperazine rings is 1. The first kappa shape index (κ1) is 15.9. The van der Waals surface area contributed by atoms with E-state index in [0.717, 1.165) is 19.5 Å². The highest BCUT2D eigenvalue weighted by atomic mass is 16.4. The summed E-state index contributed by atoms with van der Waals surface area (Å²) in [6, 6.07) is 0. The van der Waals surface area contributed by atoms with Crippen LogP contribution >= 0.6 is 0 Å². The third-order valence-corrected chi connectivity index (χ3v) is 4.05. The van der Waals surface area contributed by atoms with Crippen molar-refractivity contribution in [1.82, 2.24) is 9.80 Å². The maximum atomic E-state index is 12.4. The molecule has 0 aromatic carbocycles. The fourth-order valence-corrected chi connectivity index (χ4v) is 2.19. The molecule has 0 bridgehead atoms. The van der Waals surface area contributed by atoms with Crippen molar-refractivity contribution < 1.29 is 14.7 Å². The molecule has 1 saturated heterocycles. The van der Waals surface area contributed by atoms with Crippen LogP contribution in [0.25, 0.3) is 0 Å². The van der Waals surface area contributed by atoms with Gasteiger partial charge in [0.15, 0.2) is 0 Å². The average molecular weight is 271 g/mol. The number of aliphatic carboxylic acids is 1. The van der Waals surface area contributed by atoms with Gasteiger partial charge < -0.3 is 15.7 Å². The summed E-state index contributed by atoms with van der Waals surface area (Å²) in [5.74, 6) is -0.657. The molecule has 0 aliphatic carbocycles. The summed E-state index contributed by atoms with van der Waals surface area (Å²) in [6.07, 6.45) is 0.894. The minimum Gasteiger partial charge on any atom is -0.481 e. The number of nitrogens with zero attached hydrogens (tertiary/aromatic N) is 2. The van der Waals surface area contributed by atoms with Crippen LogP contribution in [0.1, 0.15) is 26.7 Å². The Balaban J connectivity index is 2.45. The van der Waals surface area contributed by atoms with E-state index in [0.29, 0.717) is 26.2 Å². The first-order valence-electron chi connectivity index (χ1n) is 6.86. The minimum atomic E-state index is -0.778. The first-order valence-corrected chi connectivity index (χ1v) is 6.86. The van der Waals surface area contributed by atoms with Gasteiger partial charge >= 0.3 is 5.97 Å². The number of carbonyl (C=O) groups excluding carboxylic acids is 1. The minimum absolute atomic E-state index is 0.121. The van der Waals surface area contributed by atoms with Crippen LogP contribution in [0.3, 0.4) is 0 Å². The molecular weight excluding hydrogens is 246 g/mol. The van der Waals surface area contributed by atoms with E-state index in [1.54, 1.807) is 0 Å². The van der Waals surface area contributed by atoms with Gasteiger partial charge in [0.2, 0.25) is 5.91 Å². The maximum absolute atomic E-state index is 12.4. The molecule has 0 saturated carbocycles. The van der Waals surface area contributed by atoms with Gasteiger partial charge in [-0.3, -0.25) is 14.5 Å². The van der Waals surface area contributed by atoms with Crippen molar-refractivity contribution in [3.8, 4) is 0 Å². The van der Waals surface area contributed by atoms with Gasteiger partial charge in [0.25, 0.3) is 0 Å². The van der Waals surface area contributed by atoms with Gasteiger partial charge in [-0.1, -0.05) is 6.92 Å². The Kier molecular flexibility index (Phi) is 5.75. The fraction of sp³-hybridized carbons (Fsp3) is 0.846. The number of rotatable bonds is 6. The summed E-state index contributed by atoms with van der Waals surface area (Å²) < 4.78 is 0. The van der Waals surface area contributed by atoms with Crippen molar-refractivity contribution in [2.45, 2.75) is 26.7 Å². The van der Waals surface area contributed by atoms with E-state index >= 15 is 0 Å². The Hall–Kier alpha value is -1.14. The van der Waals surface area contributed by atoms with Crippen molar-refractivity contribution >= 4 is 11.9 Å². The van der Waals surface area contributed by atoms with E-state index in [2.05, 4.69) is 4.90 Å². The van der Waals surface area contributed by atoms with E-state index < -0.39 is 11.4 Å². The van der Waals surface area contributed by atoms with Crippen LogP contribution in [0.4, 0.5) is 0 Å². The highest BCUT2D eigenvalue weighted by Crippen LogP contribution is 2.23. The molecule has 6 nitrogen and oxygen atoms in total. The Bertz CT molecular complexity index is 321. The van der Waals surface area contributed by atoms with E-state index in [1.165, 1.54) is 0 Å². The summed E-state index contributed by atoms with van der Waals surface area (Å²) in [7, 11) is 0. The second-order valence-corrected chi connectivity index (χ2v) is 5.40. The zero-order valence-corrected chi connectivity index (χ0v) is 11.9. The molecular formula is C13H25N3O3. The van der Waals surface area contributed by atoms with Crippen molar-refractivity contribution in [1.29, 1.82) is 0 Å². The number of carboxylic acids is 1. The number of nitrogens with two attached hydrogens (primary N) is 1. The summed E-state index contributed by atoms with van der Waals surface area (Å²) in [5, 5.41) is 8.65.